The number of hydrogen-bond acceptors (Lipinski definition) is 7. The molecule has 5 rings (SSSR count). The van der Waals surface area contributed by atoms with E-state index >= 15 is 0 Å². The number of esters is 1. The fourth-order valence-electron chi connectivity index (χ4n) is 4.99. The van der Waals surface area contributed by atoms with Crippen molar-refractivity contribution in [2.45, 2.75) is 19.4 Å². The second-order valence-corrected chi connectivity index (χ2v) is 9.25. The van der Waals surface area contributed by atoms with Crippen LogP contribution in [-0.2, 0) is 16.1 Å². The molecule has 0 amide bonds. The Labute approximate surface area is 224 Å². The van der Waals surface area contributed by atoms with Gasteiger partial charge in [-0.05, 0) is 30.7 Å². The van der Waals surface area contributed by atoms with Crippen LogP contribution in [0.15, 0.2) is 77.5 Å². The number of nitrogens with one attached hydrogen (secondary N) is 1. The number of Topliss-reactive ketones (excluding diaryl/α,β-unsaturated/α-hetero) is 1. The van der Waals surface area contributed by atoms with Gasteiger partial charge < -0.3 is 19.5 Å². The molecule has 1 aliphatic heterocycles. The molecule has 190 valence electrons. The van der Waals surface area contributed by atoms with Gasteiger partial charge in [0.1, 0.15) is 6.61 Å². The maximum atomic E-state index is 13.6. The highest BCUT2D eigenvalue weighted by Gasteiger charge is 2.43. The zero-order valence-corrected chi connectivity index (χ0v) is 21.7. The van der Waals surface area contributed by atoms with Crippen LogP contribution in [-0.4, -0.2) is 26.0 Å². The summed E-state index contributed by atoms with van der Waals surface area (Å²) < 4.78 is 16.7. The summed E-state index contributed by atoms with van der Waals surface area (Å²) in [6.07, 6.45) is 0. The topological polar surface area (TPSA) is 97.6 Å². The zero-order valence-electron chi connectivity index (χ0n) is 20.9. The molecule has 0 unspecified atom stereocenters. The Morgan fingerprint density at radius 1 is 1.08 bits per heavy atom. The van der Waals surface area contributed by atoms with Crippen molar-refractivity contribution < 1.29 is 23.8 Å². The second kappa shape index (κ2) is 10.1. The first kappa shape index (κ1) is 25.1. The van der Waals surface area contributed by atoms with Gasteiger partial charge in [0.25, 0.3) is 0 Å². The molecule has 2 aliphatic rings. The van der Waals surface area contributed by atoms with Crippen LogP contribution in [0.3, 0.4) is 0 Å². The molecule has 0 radical (unpaired) electrons. The number of carbonyl (C=O) groups is 2. The lowest BCUT2D eigenvalue weighted by atomic mass is 9.79. The van der Waals surface area contributed by atoms with E-state index in [2.05, 4.69) is 11.4 Å². The Morgan fingerprint density at radius 2 is 1.79 bits per heavy atom. The van der Waals surface area contributed by atoms with Gasteiger partial charge >= 0.3 is 5.97 Å². The Kier molecular flexibility index (Phi) is 6.66. The van der Waals surface area contributed by atoms with Crippen LogP contribution in [0.2, 0.25) is 5.02 Å². The number of nitrogens with zero attached hydrogens (tertiary/aromatic N) is 1. The normalized spacial score (nSPS) is 15.9. The standard InChI is InChI=1S/C30H23ClN2O5/c1-16-24(30(35)37-3)25(26-27(33-16)20-10-6-7-11-21(20)28(26)34)19-12-22(31)29(23(13-19)36-2)38-15-18-9-5-4-8-17(18)14-32/h4-13,25,33H,15H2,1-3H3/t25-/m1/s1. The van der Waals surface area contributed by atoms with Gasteiger partial charge in [0.15, 0.2) is 17.3 Å². The van der Waals surface area contributed by atoms with E-state index in [9.17, 15) is 14.9 Å². The van der Waals surface area contributed by atoms with Gasteiger partial charge in [-0.25, -0.2) is 4.79 Å². The first-order valence-electron chi connectivity index (χ1n) is 11.8. The van der Waals surface area contributed by atoms with Crippen molar-refractivity contribution in [3.63, 3.8) is 0 Å². The number of rotatable bonds is 6. The van der Waals surface area contributed by atoms with Crippen LogP contribution >= 0.6 is 11.6 Å². The van der Waals surface area contributed by atoms with E-state index in [0.29, 0.717) is 50.5 Å². The number of nitriles is 1. The Hall–Kier alpha value is -4.54. The van der Waals surface area contributed by atoms with Crippen LogP contribution < -0.4 is 14.8 Å². The van der Waals surface area contributed by atoms with E-state index in [1.807, 2.05) is 24.3 Å². The van der Waals surface area contributed by atoms with Gasteiger partial charge in [0.05, 0.1) is 42.1 Å². The average molecular weight is 527 g/mol. The van der Waals surface area contributed by atoms with Crippen LogP contribution in [0.1, 0.15) is 45.5 Å². The number of benzene rings is 3. The predicted molar refractivity (Wildman–Crippen MR) is 142 cm³/mol. The van der Waals surface area contributed by atoms with Crippen LogP contribution in [0.4, 0.5) is 0 Å². The Balaban J connectivity index is 1.61. The Bertz CT molecular complexity index is 1600. The number of carbonyl (C=O) groups excluding carboxylic acids is 2. The minimum atomic E-state index is -0.752. The van der Waals surface area contributed by atoms with E-state index in [0.717, 1.165) is 5.56 Å². The molecule has 7 nitrogen and oxygen atoms in total. The summed E-state index contributed by atoms with van der Waals surface area (Å²) in [6, 6.07) is 20.0. The van der Waals surface area contributed by atoms with E-state index in [1.165, 1.54) is 14.2 Å². The van der Waals surface area contributed by atoms with E-state index in [1.54, 1.807) is 43.3 Å². The second-order valence-electron chi connectivity index (χ2n) is 8.84. The molecule has 1 N–H and O–H groups in total. The first-order valence-corrected chi connectivity index (χ1v) is 12.2. The predicted octanol–water partition coefficient (Wildman–Crippen LogP) is 5.54. The summed E-state index contributed by atoms with van der Waals surface area (Å²) >= 11 is 6.72. The van der Waals surface area contributed by atoms with Gasteiger partial charge in [-0.2, -0.15) is 5.26 Å². The summed E-state index contributed by atoms with van der Waals surface area (Å²) in [5, 5.41) is 12.9. The molecule has 1 atom stereocenters. The molecule has 8 heteroatoms. The molecule has 0 saturated carbocycles. The number of fused-ring (bicyclic) bond motifs is 2. The quantitative estimate of drug-likeness (QED) is 0.421. The van der Waals surface area contributed by atoms with Crippen molar-refractivity contribution in [1.82, 2.24) is 5.32 Å². The van der Waals surface area contributed by atoms with Gasteiger partial charge in [-0.3, -0.25) is 4.79 Å². The fraction of sp³-hybridized carbons (Fsp3) is 0.167. The molecule has 1 aliphatic carbocycles. The summed E-state index contributed by atoms with van der Waals surface area (Å²) in [7, 11) is 2.79. The third-order valence-corrected chi connectivity index (χ3v) is 7.03. The summed E-state index contributed by atoms with van der Waals surface area (Å²) in [5.41, 5.74) is 5.08. The highest BCUT2D eigenvalue weighted by molar-refractivity contribution is 6.32. The van der Waals surface area contributed by atoms with Crippen molar-refractivity contribution in [3.8, 4) is 17.6 Å². The zero-order chi connectivity index (χ0) is 27.0. The molecule has 38 heavy (non-hydrogen) atoms. The highest BCUT2D eigenvalue weighted by atomic mass is 35.5. The summed E-state index contributed by atoms with van der Waals surface area (Å²) in [6.45, 7) is 1.87. The van der Waals surface area contributed by atoms with Gasteiger partial charge in [-0.1, -0.05) is 54.1 Å². The molecule has 3 aromatic carbocycles. The van der Waals surface area contributed by atoms with E-state index in [-0.39, 0.29) is 23.2 Å². The van der Waals surface area contributed by atoms with E-state index in [4.69, 9.17) is 25.8 Å². The molecule has 0 spiro atoms. The summed E-state index contributed by atoms with van der Waals surface area (Å²) in [5.74, 6) is -0.870. The van der Waals surface area contributed by atoms with Gasteiger partial charge in [0, 0.05) is 33.9 Å². The third kappa shape index (κ3) is 4.09. The van der Waals surface area contributed by atoms with Crippen LogP contribution in [0, 0.1) is 11.3 Å². The van der Waals surface area contributed by atoms with Crippen molar-refractivity contribution in [3.05, 3.63) is 110 Å². The SMILES string of the molecule is COC(=O)C1=C(C)NC2=C(C(=O)c3ccccc32)[C@@H]1c1cc(Cl)c(OCc2ccccc2C#N)c(OC)c1. The maximum absolute atomic E-state index is 13.6. The number of dihydropyridines is 1. The Morgan fingerprint density at radius 3 is 2.50 bits per heavy atom. The molecule has 0 aromatic heterocycles. The largest absolute Gasteiger partial charge is 0.493 e. The number of hydrogen-bond donors (Lipinski definition) is 1. The lowest BCUT2D eigenvalue weighted by Crippen LogP contribution is -2.29. The minimum absolute atomic E-state index is 0.0992. The molecule has 1 heterocycles. The first-order chi connectivity index (χ1) is 18.4. The molecule has 3 aromatic rings. The summed E-state index contributed by atoms with van der Waals surface area (Å²) in [4.78, 5) is 26.6. The van der Waals surface area contributed by atoms with Crippen LogP contribution in [0.5, 0.6) is 11.5 Å². The highest BCUT2D eigenvalue weighted by Crippen LogP contribution is 2.49. The monoisotopic (exact) mass is 526 g/mol. The van der Waals surface area contributed by atoms with Crippen molar-refractivity contribution >= 4 is 29.1 Å². The van der Waals surface area contributed by atoms with E-state index < -0.39 is 11.9 Å². The molecule has 0 saturated heterocycles. The van der Waals surface area contributed by atoms with Gasteiger partial charge in [0.2, 0.25) is 0 Å². The van der Waals surface area contributed by atoms with Crippen molar-refractivity contribution in [2.24, 2.45) is 0 Å². The molecular formula is C30H23ClN2O5. The van der Waals surface area contributed by atoms with Crippen molar-refractivity contribution in [2.75, 3.05) is 14.2 Å². The van der Waals surface area contributed by atoms with Gasteiger partial charge in [-0.15, -0.1) is 0 Å². The minimum Gasteiger partial charge on any atom is -0.493 e. The number of ketones is 1. The number of ether oxygens (including phenoxy) is 3. The fourth-order valence-corrected chi connectivity index (χ4v) is 5.27. The third-order valence-electron chi connectivity index (χ3n) is 6.75. The molecular weight excluding hydrogens is 504 g/mol. The molecule has 0 bridgehead atoms. The number of halogens is 1. The van der Waals surface area contributed by atoms with Crippen molar-refractivity contribution in [1.29, 1.82) is 5.26 Å². The maximum Gasteiger partial charge on any atom is 0.336 e. The van der Waals surface area contributed by atoms with Crippen LogP contribution in [0.25, 0.3) is 5.70 Å². The number of methoxy groups -OCH3 is 2. The lowest BCUT2D eigenvalue weighted by Gasteiger charge is -2.29. The lowest BCUT2D eigenvalue weighted by molar-refractivity contribution is -0.136. The average Bonchev–Trinajstić information content (AvgIpc) is 3.22. The number of allylic oxidation sites excluding steroid dienone is 2. The smallest absolute Gasteiger partial charge is 0.336 e. The molecule has 0 fully saturated rings.